The van der Waals surface area contributed by atoms with E-state index in [4.69, 9.17) is 4.98 Å². The van der Waals surface area contributed by atoms with E-state index < -0.39 is 0 Å². The van der Waals surface area contributed by atoms with Crippen LogP contribution in [-0.4, -0.2) is 36.4 Å². The molecule has 4 rings (SSSR count). The molecular formula is C15H19N5O. The molecule has 0 aliphatic heterocycles. The second-order valence-electron chi connectivity index (χ2n) is 6.19. The van der Waals surface area contributed by atoms with Crippen LogP contribution in [0.25, 0.3) is 5.82 Å². The normalized spacial score (nSPS) is 24.3. The van der Waals surface area contributed by atoms with Crippen molar-refractivity contribution in [2.24, 2.45) is 5.92 Å². The van der Waals surface area contributed by atoms with Crippen LogP contribution in [0.15, 0.2) is 6.07 Å². The molecule has 6 heteroatoms. The average Bonchev–Trinajstić information content (AvgIpc) is 3.37. The van der Waals surface area contributed by atoms with Crippen molar-refractivity contribution in [3.05, 3.63) is 29.2 Å². The number of aromatic nitrogens is 5. The molecule has 0 unspecified atom stereocenters. The van der Waals surface area contributed by atoms with Crippen LogP contribution in [0.3, 0.4) is 0 Å². The van der Waals surface area contributed by atoms with E-state index in [9.17, 15) is 5.11 Å². The van der Waals surface area contributed by atoms with Gasteiger partial charge in [0.15, 0.2) is 5.82 Å². The Hall–Kier alpha value is -1.82. The van der Waals surface area contributed by atoms with Crippen molar-refractivity contribution >= 4 is 0 Å². The van der Waals surface area contributed by atoms with E-state index in [0.29, 0.717) is 17.8 Å². The Morgan fingerprint density at radius 3 is 2.62 bits per heavy atom. The third kappa shape index (κ3) is 2.33. The smallest absolute Gasteiger partial charge is 0.159 e. The fourth-order valence-electron chi connectivity index (χ4n) is 2.84. The first-order valence-corrected chi connectivity index (χ1v) is 7.56. The molecule has 2 saturated carbocycles. The van der Waals surface area contributed by atoms with Gasteiger partial charge in [-0.15, -0.1) is 5.10 Å². The van der Waals surface area contributed by atoms with Crippen molar-refractivity contribution in [1.29, 1.82) is 0 Å². The molecule has 2 aromatic rings. The summed E-state index contributed by atoms with van der Waals surface area (Å²) >= 11 is 0. The summed E-state index contributed by atoms with van der Waals surface area (Å²) < 4.78 is 1.79. The van der Waals surface area contributed by atoms with Crippen molar-refractivity contribution in [3.63, 3.8) is 0 Å². The molecule has 0 bridgehead atoms. The van der Waals surface area contributed by atoms with E-state index in [1.807, 2.05) is 19.9 Å². The van der Waals surface area contributed by atoms with Crippen LogP contribution in [0.1, 0.15) is 54.3 Å². The van der Waals surface area contributed by atoms with Crippen LogP contribution in [-0.2, 0) is 0 Å². The van der Waals surface area contributed by atoms with Gasteiger partial charge in [0, 0.05) is 30.2 Å². The summed E-state index contributed by atoms with van der Waals surface area (Å²) in [7, 11) is 0. The highest BCUT2D eigenvalue weighted by molar-refractivity contribution is 5.31. The molecule has 21 heavy (non-hydrogen) atoms. The summed E-state index contributed by atoms with van der Waals surface area (Å²) in [5.74, 6) is 4.56. The van der Waals surface area contributed by atoms with Crippen LogP contribution in [0.2, 0.25) is 0 Å². The van der Waals surface area contributed by atoms with Gasteiger partial charge in [0.25, 0.3) is 0 Å². The number of aliphatic hydroxyl groups excluding tert-OH is 1. The number of aliphatic hydroxyl groups is 1. The second-order valence-corrected chi connectivity index (χ2v) is 6.19. The van der Waals surface area contributed by atoms with Crippen molar-refractivity contribution in [1.82, 2.24) is 24.7 Å². The highest BCUT2D eigenvalue weighted by atomic mass is 16.3. The minimum Gasteiger partial charge on any atom is -0.396 e. The molecule has 110 valence electrons. The predicted octanol–water partition coefficient (Wildman–Crippen LogP) is 1.65. The van der Waals surface area contributed by atoms with Gasteiger partial charge in [-0.2, -0.15) is 4.68 Å². The van der Waals surface area contributed by atoms with Gasteiger partial charge in [0.1, 0.15) is 17.5 Å². The monoisotopic (exact) mass is 285 g/mol. The summed E-state index contributed by atoms with van der Waals surface area (Å²) in [6.45, 7) is 4.06. The molecule has 2 heterocycles. The highest BCUT2D eigenvalue weighted by Gasteiger charge is 2.40. The lowest BCUT2D eigenvalue weighted by molar-refractivity contribution is 0.273. The molecule has 1 N–H and O–H groups in total. The first-order valence-electron chi connectivity index (χ1n) is 7.56. The maximum absolute atomic E-state index is 9.29. The predicted molar refractivity (Wildman–Crippen MR) is 76.3 cm³/mol. The Bertz CT molecular complexity index is 691. The molecule has 0 spiro atoms. The Balaban J connectivity index is 1.77. The van der Waals surface area contributed by atoms with Crippen LogP contribution in [0.4, 0.5) is 0 Å². The first kappa shape index (κ1) is 12.9. The van der Waals surface area contributed by atoms with Crippen molar-refractivity contribution in [3.8, 4) is 5.82 Å². The number of aryl methyl sites for hydroxylation is 2. The topological polar surface area (TPSA) is 76.7 Å². The van der Waals surface area contributed by atoms with Gasteiger partial charge in [0.2, 0.25) is 0 Å². The van der Waals surface area contributed by atoms with Crippen molar-refractivity contribution < 1.29 is 5.11 Å². The Morgan fingerprint density at radius 2 is 2.05 bits per heavy atom. The number of hydrogen-bond acceptors (Lipinski definition) is 5. The lowest BCUT2D eigenvalue weighted by Gasteiger charge is -2.08. The molecule has 0 radical (unpaired) electrons. The quantitative estimate of drug-likeness (QED) is 0.924. The van der Waals surface area contributed by atoms with Gasteiger partial charge in [-0.05, 0) is 39.0 Å². The van der Waals surface area contributed by atoms with Crippen LogP contribution < -0.4 is 0 Å². The van der Waals surface area contributed by atoms with E-state index in [-0.39, 0.29) is 6.61 Å². The Kier molecular flexibility index (Phi) is 2.82. The zero-order chi connectivity index (χ0) is 14.6. The van der Waals surface area contributed by atoms with E-state index in [0.717, 1.165) is 35.4 Å². The molecular weight excluding hydrogens is 266 g/mol. The molecule has 2 fully saturated rings. The standard InChI is InChI=1S/C15H19N5O/c1-8-16-9(2)20(19-8)14-6-13(12-5-11(12)7-21)17-15(18-14)10-3-4-10/h6,10-12,21H,3-5,7H2,1-2H3/t11-,12+/m0/s1. The number of hydrogen-bond donors (Lipinski definition) is 1. The van der Waals surface area contributed by atoms with Gasteiger partial charge in [-0.1, -0.05) is 0 Å². The second kappa shape index (κ2) is 4.59. The fourth-order valence-corrected chi connectivity index (χ4v) is 2.84. The van der Waals surface area contributed by atoms with Gasteiger partial charge in [-0.3, -0.25) is 0 Å². The first-order chi connectivity index (χ1) is 10.2. The summed E-state index contributed by atoms with van der Waals surface area (Å²) in [5.41, 5.74) is 1.05. The minimum absolute atomic E-state index is 0.240. The summed E-state index contributed by atoms with van der Waals surface area (Å²) in [4.78, 5) is 13.8. The van der Waals surface area contributed by atoms with E-state index in [2.05, 4.69) is 15.1 Å². The van der Waals surface area contributed by atoms with Gasteiger partial charge < -0.3 is 5.11 Å². The molecule has 0 saturated heterocycles. The maximum atomic E-state index is 9.29. The molecule has 2 aliphatic rings. The average molecular weight is 285 g/mol. The lowest BCUT2D eigenvalue weighted by atomic mass is 10.2. The largest absolute Gasteiger partial charge is 0.396 e. The zero-order valence-corrected chi connectivity index (χ0v) is 12.3. The maximum Gasteiger partial charge on any atom is 0.159 e. The fraction of sp³-hybridized carbons (Fsp3) is 0.600. The minimum atomic E-state index is 0.240. The van der Waals surface area contributed by atoms with Crippen LogP contribution >= 0.6 is 0 Å². The van der Waals surface area contributed by atoms with E-state index in [1.54, 1.807) is 4.68 Å². The van der Waals surface area contributed by atoms with Crippen LogP contribution in [0.5, 0.6) is 0 Å². The molecule has 0 amide bonds. The lowest BCUT2D eigenvalue weighted by Crippen LogP contribution is -2.08. The summed E-state index contributed by atoms with van der Waals surface area (Å²) in [6.07, 6.45) is 3.37. The van der Waals surface area contributed by atoms with Crippen LogP contribution in [0, 0.1) is 19.8 Å². The molecule has 2 aromatic heterocycles. The Morgan fingerprint density at radius 1 is 1.24 bits per heavy atom. The zero-order valence-electron chi connectivity index (χ0n) is 12.3. The van der Waals surface area contributed by atoms with E-state index in [1.165, 1.54) is 12.8 Å². The van der Waals surface area contributed by atoms with Gasteiger partial charge >= 0.3 is 0 Å². The van der Waals surface area contributed by atoms with Crippen molar-refractivity contribution in [2.45, 2.75) is 44.9 Å². The molecule has 6 nitrogen and oxygen atoms in total. The third-order valence-corrected chi connectivity index (χ3v) is 4.32. The van der Waals surface area contributed by atoms with Crippen molar-refractivity contribution in [2.75, 3.05) is 6.61 Å². The SMILES string of the molecule is Cc1nc(C)n(-c2cc([C@@H]3C[C@H]3CO)nc(C3CC3)n2)n1. The molecule has 2 aliphatic carbocycles. The summed E-state index contributed by atoms with van der Waals surface area (Å²) in [6, 6.07) is 2.01. The summed E-state index contributed by atoms with van der Waals surface area (Å²) in [5, 5.41) is 13.7. The van der Waals surface area contributed by atoms with Gasteiger partial charge in [0.05, 0.1) is 0 Å². The molecule has 2 atom stereocenters. The van der Waals surface area contributed by atoms with E-state index >= 15 is 0 Å². The number of rotatable bonds is 4. The van der Waals surface area contributed by atoms with Gasteiger partial charge in [-0.25, -0.2) is 15.0 Å². The third-order valence-electron chi connectivity index (χ3n) is 4.32. The highest BCUT2D eigenvalue weighted by Crippen LogP contribution is 2.47. The number of nitrogens with zero attached hydrogens (tertiary/aromatic N) is 5. The molecule has 0 aromatic carbocycles. The Labute approximate surface area is 123 Å².